The molecule has 4 heteroatoms. The number of thioether (sulfide) groups is 1. The second-order valence-electron chi connectivity index (χ2n) is 3.80. The fraction of sp³-hybridized carbons (Fsp3) is 0.889. The molecule has 0 aromatic carbocycles. The first-order valence-corrected chi connectivity index (χ1v) is 6.11. The highest BCUT2D eigenvalue weighted by molar-refractivity contribution is 7.99. The number of carbonyl (C=O) groups excluding carboxylic acids is 1. The van der Waals surface area contributed by atoms with Gasteiger partial charge in [0.1, 0.15) is 0 Å². The Morgan fingerprint density at radius 2 is 1.69 bits per heavy atom. The number of hydrogen-bond acceptors (Lipinski definition) is 2. The van der Waals surface area contributed by atoms with Crippen LogP contribution in [0.25, 0.3) is 0 Å². The van der Waals surface area contributed by atoms with Crippen molar-refractivity contribution in [3.8, 4) is 0 Å². The van der Waals surface area contributed by atoms with Crippen LogP contribution in [0.1, 0.15) is 12.8 Å². The van der Waals surface area contributed by atoms with Crippen LogP contribution in [-0.4, -0.2) is 30.6 Å². The summed E-state index contributed by atoms with van der Waals surface area (Å²) in [5.41, 5.74) is 0. The second kappa shape index (κ2) is 4.22. The highest BCUT2D eigenvalue weighted by atomic mass is 32.2. The molecule has 3 nitrogen and oxygen atoms in total. The highest BCUT2D eigenvalue weighted by Crippen LogP contribution is 2.28. The van der Waals surface area contributed by atoms with Crippen LogP contribution in [0.3, 0.4) is 0 Å². The summed E-state index contributed by atoms with van der Waals surface area (Å²) in [6, 6.07) is 0.00133. The normalized spacial score (nSPS) is 26.6. The average molecular weight is 200 g/mol. The molecular formula is C9H16N2OS. The maximum Gasteiger partial charge on any atom is 0.314 e. The topological polar surface area (TPSA) is 41.1 Å². The number of rotatable bonds is 1. The van der Waals surface area contributed by atoms with E-state index in [-0.39, 0.29) is 6.03 Å². The fourth-order valence-electron chi connectivity index (χ4n) is 2.10. The summed E-state index contributed by atoms with van der Waals surface area (Å²) in [7, 11) is 0. The SMILES string of the molecule is O=C1NCC(C2CCSCC2)CN1. The van der Waals surface area contributed by atoms with Crippen molar-refractivity contribution in [1.29, 1.82) is 0 Å². The van der Waals surface area contributed by atoms with Gasteiger partial charge in [0.25, 0.3) is 0 Å². The number of amides is 2. The summed E-state index contributed by atoms with van der Waals surface area (Å²) in [4.78, 5) is 10.9. The summed E-state index contributed by atoms with van der Waals surface area (Å²) < 4.78 is 0. The Bertz CT molecular complexity index is 182. The van der Waals surface area contributed by atoms with Gasteiger partial charge in [0.2, 0.25) is 0 Å². The molecule has 0 aromatic heterocycles. The lowest BCUT2D eigenvalue weighted by Gasteiger charge is -2.33. The molecule has 0 unspecified atom stereocenters. The molecule has 2 aliphatic heterocycles. The van der Waals surface area contributed by atoms with Gasteiger partial charge >= 0.3 is 6.03 Å². The molecule has 13 heavy (non-hydrogen) atoms. The van der Waals surface area contributed by atoms with Crippen LogP contribution in [-0.2, 0) is 0 Å². The molecule has 0 spiro atoms. The van der Waals surface area contributed by atoms with Crippen molar-refractivity contribution in [2.24, 2.45) is 11.8 Å². The number of hydrogen-bond donors (Lipinski definition) is 2. The molecule has 0 saturated carbocycles. The minimum Gasteiger partial charge on any atom is -0.338 e. The van der Waals surface area contributed by atoms with Gasteiger partial charge in [0, 0.05) is 13.1 Å². The van der Waals surface area contributed by atoms with Crippen molar-refractivity contribution in [2.75, 3.05) is 24.6 Å². The molecule has 2 fully saturated rings. The number of carbonyl (C=O) groups is 1. The summed E-state index contributed by atoms with van der Waals surface area (Å²) in [5.74, 6) is 4.09. The van der Waals surface area contributed by atoms with E-state index < -0.39 is 0 Å². The van der Waals surface area contributed by atoms with Gasteiger partial charge in [0.15, 0.2) is 0 Å². The van der Waals surface area contributed by atoms with E-state index in [1.165, 1.54) is 24.3 Å². The lowest BCUT2D eigenvalue weighted by atomic mass is 9.86. The zero-order chi connectivity index (χ0) is 9.10. The van der Waals surface area contributed by atoms with E-state index in [0.717, 1.165) is 19.0 Å². The summed E-state index contributed by atoms with van der Waals surface area (Å²) >= 11 is 2.06. The van der Waals surface area contributed by atoms with Gasteiger partial charge < -0.3 is 10.6 Å². The minimum atomic E-state index is 0.00133. The van der Waals surface area contributed by atoms with Crippen molar-refractivity contribution in [1.82, 2.24) is 10.6 Å². The summed E-state index contributed by atoms with van der Waals surface area (Å²) in [6.45, 7) is 1.75. The standard InChI is InChI=1S/C9H16N2OS/c12-9-10-5-8(6-11-9)7-1-3-13-4-2-7/h7-8H,1-6H2,(H2,10,11,12). The first-order chi connectivity index (χ1) is 6.36. The first kappa shape index (κ1) is 9.19. The first-order valence-electron chi connectivity index (χ1n) is 4.95. The van der Waals surface area contributed by atoms with E-state index >= 15 is 0 Å². The molecule has 2 amide bonds. The van der Waals surface area contributed by atoms with Crippen molar-refractivity contribution >= 4 is 17.8 Å². The molecule has 2 aliphatic rings. The van der Waals surface area contributed by atoms with Crippen LogP contribution in [0, 0.1) is 11.8 Å². The highest BCUT2D eigenvalue weighted by Gasteiger charge is 2.26. The summed E-state index contributed by atoms with van der Waals surface area (Å²) in [5, 5.41) is 5.75. The van der Waals surface area contributed by atoms with Crippen molar-refractivity contribution in [2.45, 2.75) is 12.8 Å². The maximum absolute atomic E-state index is 10.9. The molecule has 0 atom stereocenters. The third-order valence-electron chi connectivity index (χ3n) is 2.98. The smallest absolute Gasteiger partial charge is 0.314 e. The molecule has 0 aromatic rings. The van der Waals surface area contributed by atoms with Crippen molar-refractivity contribution < 1.29 is 4.79 Å². The molecule has 0 radical (unpaired) electrons. The lowest BCUT2D eigenvalue weighted by Crippen LogP contribution is -2.50. The Kier molecular flexibility index (Phi) is 2.98. The zero-order valence-electron chi connectivity index (χ0n) is 7.71. The Morgan fingerprint density at radius 1 is 1.08 bits per heavy atom. The molecule has 2 rings (SSSR count). The van der Waals surface area contributed by atoms with Gasteiger partial charge in [-0.2, -0.15) is 11.8 Å². The van der Waals surface area contributed by atoms with Gasteiger partial charge in [-0.3, -0.25) is 0 Å². The Hall–Kier alpha value is -0.380. The molecule has 0 aliphatic carbocycles. The lowest BCUT2D eigenvalue weighted by molar-refractivity contribution is 0.212. The van der Waals surface area contributed by atoms with E-state index in [1.807, 2.05) is 0 Å². The van der Waals surface area contributed by atoms with Gasteiger partial charge in [-0.25, -0.2) is 4.79 Å². The van der Waals surface area contributed by atoms with Gasteiger partial charge in [-0.15, -0.1) is 0 Å². The number of urea groups is 1. The van der Waals surface area contributed by atoms with Gasteiger partial charge in [0.05, 0.1) is 0 Å². The van der Waals surface area contributed by atoms with Crippen LogP contribution in [0.2, 0.25) is 0 Å². The van der Waals surface area contributed by atoms with Gasteiger partial charge in [-0.05, 0) is 36.2 Å². The van der Waals surface area contributed by atoms with Crippen LogP contribution in [0.4, 0.5) is 4.79 Å². The Labute approximate surface area is 83.0 Å². The van der Waals surface area contributed by atoms with Crippen LogP contribution >= 0.6 is 11.8 Å². The van der Waals surface area contributed by atoms with E-state index in [4.69, 9.17) is 0 Å². The quantitative estimate of drug-likeness (QED) is 0.664. The molecule has 0 bridgehead atoms. The van der Waals surface area contributed by atoms with Crippen LogP contribution in [0.5, 0.6) is 0 Å². The van der Waals surface area contributed by atoms with Crippen molar-refractivity contribution in [3.05, 3.63) is 0 Å². The molecule has 2 N–H and O–H groups in total. The fourth-order valence-corrected chi connectivity index (χ4v) is 3.25. The molecular weight excluding hydrogens is 184 g/mol. The molecule has 2 heterocycles. The predicted molar refractivity (Wildman–Crippen MR) is 54.9 cm³/mol. The van der Waals surface area contributed by atoms with E-state index in [0.29, 0.717) is 5.92 Å². The molecule has 2 saturated heterocycles. The third-order valence-corrected chi connectivity index (χ3v) is 4.03. The Morgan fingerprint density at radius 3 is 2.31 bits per heavy atom. The Balaban J connectivity index is 1.82. The van der Waals surface area contributed by atoms with E-state index in [2.05, 4.69) is 22.4 Å². The number of nitrogens with one attached hydrogen (secondary N) is 2. The third kappa shape index (κ3) is 2.30. The van der Waals surface area contributed by atoms with Crippen molar-refractivity contribution in [3.63, 3.8) is 0 Å². The molecule has 74 valence electrons. The second-order valence-corrected chi connectivity index (χ2v) is 5.03. The summed E-state index contributed by atoms with van der Waals surface area (Å²) in [6.07, 6.45) is 2.65. The minimum absolute atomic E-state index is 0.00133. The monoisotopic (exact) mass is 200 g/mol. The van der Waals surface area contributed by atoms with Gasteiger partial charge in [-0.1, -0.05) is 0 Å². The predicted octanol–water partition coefficient (Wildman–Crippen LogP) is 1.06. The maximum atomic E-state index is 10.9. The van der Waals surface area contributed by atoms with Crippen LogP contribution in [0.15, 0.2) is 0 Å². The largest absolute Gasteiger partial charge is 0.338 e. The zero-order valence-corrected chi connectivity index (χ0v) is 8.53. The van der Waals surface area contributed by atoms with E-state index in [1.54, 1.807) is 0 Å². The average Bonchev–Trinajstić information content (AvgIpc) is 2.20. The van der Waals surface area contributed by atoms with E-state index in [9.17, 15) is 4.79 Å². The van der Waals surface area contributed by atoms with Crippen LogP contribution < -0.4 is 10.6 Å².